The molecule has 0 unspecified atom stereocenters. The van der Waals surface area contributed by atoms with Gasteiger partial charge in [0.1, 0.15) is 17.5 Å². The van der Waals surface area contributed by atoms with E-state index < -0.39 is 0 Å². The molecular weight excluding hydrogens is 304 g/mol. The third kappa shape index (κ3) is 4.87. The predicted octanol–water partition coefficient (Wildman–Crippen LogP) is 3.05. The Bertz CT molecular complexity index is 689. The van der Waals surface area contributed by atoms with Gasteiger partial charge in [-0.3, -0.25) is 0 Å². The average molecular weight is 328 g/mol. The zero-order valence-corrected chi connectivity index (χ0v) is 14.4. The maximum absolute atomic E-state index is 5.33. The SMILES string of the molecule is C=CCNc1cc(NCCc2ccc(OC)c(OC)c2)nc(C)n1. The molecule has 0 aliphatic heterocycles. The Kier molecular flexibility index (Phi) is 6.42. The van der Waals surface area contributed by atoms with Crippen LogP contribution in [0.5, 0.6) is 11.5 Å². The van der Waals surface area contributed by atoms with Crippen molar-refractivity contribution in [1.29, 1.82) is 0 Å². The van der Waals surface area contributed by atoms with Gasteiger partial charge in [-0.25, -0.2) is 9.97 Å². The smallest absolute Gasteiger partial charge is 0.160 e. The van der Waals surface area contributed by atoms with Crippen LogP contribution in [0.2, 0.25) is 0 Å². The van der Waals surface area contributed by atoms with E-state index in [-0.39, 0.29) is 0 Å². The fourth-order valence-corrected chi connectivity index (χ4v) is 2.30. The van der Waals surface area contributed by atoms with Gasteiger partial charge < -0.3 is 20.1 Å². The number of benzene rings is 1. The molecule has 0 aliphatic rings. The molecule has 0 bridgehead atoms. The van der Waals surface area contributed by atoms with Crippen LogP contribution in [0.4, 0.5) is 11.6 Å². The molecule has 128 valence electrons. The maximum atomic E-state index is 5.33. The highest BCUT2D eigenvalue weighted by Gasteiger charge is 2.05. The summed E-state index contributed by atoms with van der Waals surface area (Å²) < 4.78 is 10.6. The van der Waals surface area contributed by atoms with Gasteiger partial charge >= 0.3 is 0 Å². The van der Waals surface area contributed by atoms with Gasteiger partial charge in [-0.15, -0.1) is 6.58 Å². The van der Waals surface area contributed by atoms with Crippen LogP contribution in [0, 0.1) is 6.92 Å². The van der Waals surface area contributed by atoms with E-state index in [1.165, 1.54) is 0 Å². The Balaban J connectivity index is 1.96. The van der Waals surface area contributed by atoms with Crippen LogP contribution in [0.25, 0.3) is 0 Å². The normalized spacial score (nSPS) is 10.1. The minimum absolute atomic E-state index is 0.668. The number of anilines is 2. The third-order valence-corrected chi connectivity index (χ3v) is 3.43. The molecule has 0 amide bonds. The quantitative estimate of drug-likeness (QED) is 0.690. The van der Waals surface area contributed by atoms with Crippen LogP contribution in [-0.2, 0) is 6.42 Å². The molecule has 2 N–H and O–H groups in total. The fourth-order valence-electron chi connectivity index (χ4n) is 2.30. The third-order valence-electron chi connectivity index (χ3n) is 3.43. The fraction of sp³-hybridized carbons (Fsp3) is 0.333. The zero-order chi connectivity index (χ0) is 17.4. The highest BCUT2D eigenvalue weighted by Crippen LogP contribution is 2.27. The molecule has 2 aromatic rings. The minimum Gasteiger partial charge on any atom is -0.493 e. The number of aryl methyl sites for hydroxylation is 1. The van der Waals surface area contributed by atoms with Crippen LogP contribution in [0.1, 0.15) is 11.4 Å². The predicted molar refractivity (Wildman–Crippen MR) is 97.2 cm³/mol. The number of nitrogens with zero attached hydrogens (tertiary/aromatic N) is 2. The molecule has 1 heterocycles. The van der Waals surface area contributed by atoms with Crippen LogP contribution in [0.3, 0.4) is 0 Å². The number of nitrogens with one attached hydrogen (secondary N) is 2. The van der Waals surface area contributed by atoms with E-state index in [1.807, 2.05) is 31.2 Å². The van der Waals surface area contributed by atoms with E-state index in [9.17, 15) is 0 Å². The molecule has 0 saturated carbocycles. The molecular formula is C18H24N4O2. The van der Waals surface area contributed by atoms with Crippen molar-refractivity contribution in [3.63, 3.8) is 0 Å². The summed E-state index contributed by atoms with van der Waals surface area (Å²) in [6, 6.07) is 7.83. The highest BCUT2D eigenvalue weighted by molar-refractivity contribution is 5.48. The van der Waals surface area contributed by atoms with Crippen molar-refractivity contribution >= 4 is 11.6 Å². The largest absolute Gasteiger partial charge is 0.493 e. The van der Waals surface area contributed by atoms with Crippen LogP contribution in [0.15, 0.2) is 36.9 Å². The van der Waals surface area contributed by atoms with Crippen LogP contribution in [-0.4, -0.2) is 37.3 Å². The van der Waals surface area contributed by atoms with E-state index in [4.69, 9.17) is 9.47 Å². The number of methoxy groups -OCH3 is 2. The first-order valence-electron chi connectivity index (χ1n) is 7.81. The molecule has 24 heavy (non-hydrogen) atoms. The van der Waals surface area contributed by atoms with Crippen molar-refractivity contribution in [2.45, 2.75) is 13.3 Å². The van der Waals surface area contributed by atoms with Gasteiger partial charge in [-0.1, -0.05) is 12.1 Å². The van der Waals surface area contributed by atoms with E-state index in [0.29, 0.717) is 6.54 Å². The lowest BCUT2D eigenvalue weighted by atomic mass is 10.1. The Morgan fingerprint density at radius 3 is 2.42 bits per heavy atom. The molecule has 2 rings (SSSR count). The van der Waals surface area contributed by atoms with Crippen molar-refractivity contribution in [3.05, 3.63) is 48.3 Å². The van der Waals surface area contributed by atoms with Crippen molar-refractivity contribution in [2.24, 2.45) is 0 Å². The van der Waals surface area contributed by atoms with Crippen molar-refractivity contribution in [2.75, 3.05) is 37.9 Å². The van der Waals surface area contributed by atoms with Crippen LogP contribution < -0.4 is 20.1 Å². The summed E-state index contributed by atoms with van der Waals surface area (Å²) in [5, 5.41) is 6.50. The second-order valence-electron chi connectivity index (χ2n) is 5.22. The Morgan fingerprint density at radius 1 is 1.04 bits per heavy atom. The number of hydrogen-bond donors (Lipinski definition) is 2. The number of ether oxygens (including phenoxy) is 2. The summed E-state index contributed by atoms with van der Waals surface area (Å²) in [6.07, 6.45) is 2.64. The molecule has 0 atom stereocenters. The monoisotopic (exact) mass is 328 g/mol. The molecule has 1 aromatic heterocycles. The van der Waals surface area contributed by atoms with Gasteiger partial charge in [0.15, 0.2) is 11.5 Å². The topological polar surface area (TPSA) is 68.3 Å². The maximum Gasteiger partial charge on any atom is 0.160 e. The molecule has 1 aromatic carbocycles. The molecule has 0 radical (unpaired) electrons. The summed E-state index contributed by atoms with van der Waals surface area (Å²) in [6.45, 7) is 6.99. The lowest BCUT2D eigenvalue weighted by Crippen LogP contribution is -2.09. The van der Waals surface area contributed by atoms with E-state index in [2.05, 4.69) is 27.2 Å². The van der Waals surface area contributed by atoms with Crippen molar-refractivity contribution in [3.8, 4) is 11.5 Å². The molecule has 6 nitrogen and oxygen atoms in total. The van der Waals surface area contributed by atoms with Crippen molar-refractivity contribution in [1.82, 2.24) is 9.97 Å². The zero-order valence-electron chi connectivity index (χ0n) is 14.4. The molecule has 0 fully saturated rings. The minimum atomic E-state index is 0.668. The summed E-state index contributed by atoms with van der Waals surface area (Å²) >= 11 is 0. The first-order valence-corrected chi connectivity index (χ1v) is 7.81. The lowest BCUT2D eigenvalue weighted by Gasteiger charge is -2.11. The average Bonchev–Trinajstić information content (AvgIpc) is 2.59. The van der Waals surface area contributed by atoms with Gasteiger partial charge in [0.05, 0.1) is 14.2 Å². The first-order chi connectivity index (χ1) is 11.7. The Hall–Kier alpha value is -2.76. The number of hydrogen-bond acceptors (Lipinski definition) is 6. The summed E-state index contributed by atoms with van der Waals surface area (Å²) in [5.74, 6) is 3.78. The van der Waals surface area contributed by atoms with Gasteiger partial charge in [0.2, 0.25) is 0 Å². The van der Waals surface area contributed by atoms with E-state index >= 15 is 0 Å². The Labute approximate surface area is 142 Å². The van der Waals surface area contributed by atoms with E-state index in [1.54, 1.807) is 20.3 Å². The van der Waals surface area contributed by atoms with Crippen LogP contribution >= 0.6 is 0 Å². The van der Waals surface area contributed by atoms with Gasteiger partial charge in [0.25, 0.3) is 0 Å². The molecule has 0 saturated heterocycles. The highest BCUT2D eigenvalue weighted by atomic mass is 16.5. The lowest BCUT2D eigenvalue weighted by molar-refractivity contribution is 0.354. The van der Waals surface area contributed by atoms with E-state index in [0.717, 1.165) is 47.5 Å². The van der Waals surface area contributed by atoms with Gasteiger partial charge in [0, 0.05) is 19.2 Å². The summed E-state index contributed by atoms with van der Waals surface area (Å²) in [4.78, 5) is 8.74. The van der Waals surface area contributed by atoms with Gasteiger partial charge in [-0.05, 0) is 31.0 Å². The molecule has 0 aliphatic carbocycles. The second kappa shape index (κ2) is 8.76. The number of aromatic nitrogens is 2. The van der Waals surface area contributed by atoms with Gasteiger partial charge in [-0.2, -0.15) is 0 Å². The van der Waals surface area contributed by atoms with Crippen molar-refractivity contribution < 1.29 is 9.47 Å². The molecule has 6 heteroatoms. The second-order valence-corrected chi connectivity index (χ2v) is 5.22. The summed E-state index contributed by atoms with van der Waals surface area (Å²) in [5.41, 5.74) is 1.16. The number of rotatable bonds is 9. The first kappa shape index (κ1) is 17.6. The standard InChI is InChI=1S/C18H24N4O2/c1-5-9-19-17-12-18(22-13(2)21-17)20-10-8-14-6-7-15(23-3)16(11-14)24-4/h5-7,11-12H,1,8-10H2,2-4H3,(H2,19,20,21,22). The Morgan fingerprint density at radius 2 is 1.75 bits per heavy atom. The summed E-state index contributed by atoms with van der Waals surface area (Å²) in [7, 11) is 3.27. The molecule has 0 spiro atoms.